The van der Waals surface area contributed by atoms with Gasteiger partial charge >= 0.3 is 5.97 Å². The number of aromatic hydroxyl groups is 1. The van der Waals surface area contributed by atoms with Gasteiger partial charge in [-0.2, -0.15) is 5.26 Å². The number of esters is 1. The summed E-state index contributed by atoms with van der Waals surface area (Å²) >= 11 is 12.0. The maximum Gasteiger partial charge on any atom is 0.306 e. The Morgan fingerprint density at radius 1 is 1.19 bits per heavy atom. The molecule has 0 unspecified atom stereocenters. The molecule has 1 aromatic carbocycles. The highest BCUT2D eigenvalue weighted by Gasteiger charge is 2.20. The third kappa shape index (κ3) is 5.68. The predicted molar refractivity (Wildman–Crippen MR) is 100 cm³/mol. The molecule has 2 aromatic rings. The van der Waals surface area contributed by atoms with Crippen molar-refractivity contribution in [1.29, 1.82) is 5.26 Å². The van der Waals surface area contributed by atoms with E-state index in [1.807, 2.05) is 6.07 Å². The molecule has 6 nitrogen and oxygen atoms in total. The van der Waals surface area contributed by atoms with Crippen molar-refractivity contribution in [3.8, 4) is 11.8 Å². The number of ketones is 1. The van der Waals surface area contributed by atoms with Crippen LogP contribution >= 0.6 is 23.2 Å². The minimum Gasteiger partial charge on any atom is -0.504 e. The molecule has 0 spiro atoms. The van der Waals surface area contributed by atoms with E-state index in [1.54, 1.807) is 25.1 Å². The van der Waals surface area contributed by atoms with Crippen molar-refractivity contribution in [2.75, 3.05) is 6.61 Å². The average molecular weight is 407 g/mol. The van der Waals surface area contributed by atoms with Gasteiger partial charge in [0.25, 0.3) is 0 Å². The first-order chi connectivity index (χ1) is 12.8. The highest BCUT2D eigenvalue weighted by Crippen LogP contribution is 2.26. The van der Waals surface area contributed by atoms with Crippen molar-refractivity contribution in [2.24, 2.45) is 0 Å². The van der Waals surface area contributed by atoms with Crippen molar-refractivity contribution in [2.45, 2.75) is 26.2 Å². The van der Waals surface area contributed by atoms with Gasteiger partial charge in [0.1, 0.15) is 11.8 Å². The number of ether oxygens (including phenoxy) is 1. The molecule has 0 atom stereocenters. The van der Waals surface area contributed by atoms with Crippen LogP contribution in [0.3, 0.4) is 0 Å². The van der Waals surface area contributed by atoms with Gasteiger partial charge in [-0.15, -0.1) is 0 Å². The molecular formula is C19H16Cl2N2O4. The largest absolute Gasteiger partial charge is 0.504 e. The molecule has 0 amide bonds. The van der Waals surface area contributed by atoms with Gasteiger partial charge in [0, 0.05) is 28.6 Å². The van der Waals surface area contributed by atoms with Gasteiger partial charge in [-0.1, -0.05) is 23.2 Å². The molecule has 140 valence electrons. The van der Waals surface area contributed by atoms with Gasteiger partial charge < -0.3 is 9.84 Å². The van der Waals surface area contributed by atoms with Crippen molar-refractivity contribution >= 4 is 35.0 Å². The van der Waals surface area contributed by atoms with E-state index < -0.39 is 17.5 Å². The van der Waals surface area contributed by atoms with Crippen molar-refractivity contribution in [3.05, 3.63) is 56.8 Å². The number of carbonyl (C=O) groups excluding carboxylic acids is 2. The molecule has 2 rings (SSSR count). The number of rotatable bonds is 7. The predicted octanol–water partition coefficient (Wildman–Crippen LogP) is 4.08. The molecule has 8 heteroatoms. The zero-order chi connectivity index (χ0) is 20.0. The maximum absolute atomic E-state index is 12.4. The van der Waals surface area contributed by atoms with E-state index >= 15 is 0 Å². The Bertz CT molecular complexity index is 902. The quantitative estimate of drug-likeness (QED) is 0.548. The number of halogens is 2. The lowest BCUT2D eigenvalue weighted by Crippen LogP contribution is -2.11. The Morgan fingerprint density at radius 2 is 1.85 bits per heavy atom. The van der Waals surface area contributed by atoms with Gasteiger partial charge in [-0.25, -0.2) is 4.98 Å². The summed E-state index contributed by atoms with van der Waals surface area (Å²) in [6.45, 7) is 1.88. The van der Waals surface area contributed by atoms with Crippen LogP contribution < -0.4 is 0 Å². The lowest BCUT2D eigenvalue weighted by molar-refractivity contribution is -0.143. The van der Waals surface area contributed by atoms with Crippen molar-refractivity contribution < 1.29 is 19.4 Å². The first-order valence-corrected chi connectivity index (χ1v) is 8.86. The number of nitrogens with zero attached hydrogens (tertiary/aromatic N) is 2. The van der Waals surface area contributed by atoms with Crippen LogP contribution in [0.1, 0.15) is 47.1 Å². The van der Waals surface area contributed by atoms with Crippen LogP contribution in [-0.2, 0) is 16.0 Å². The number of nitriles is 1. The number of hydrogen-bond donors (Lipinski definition) is 1. The fourth-order valence-corrected chi connectivity index (χ4v) is 3.02. The van der Waals surface area contributed by atoms with Crippen LogP contribution in [0.15, 0.2) is 24.3 Å². The highest BCUT2D eigenvalue weighted by molar-refractivity contribution is 6.34. The molecule has 0 saturated carbocycles. The summed E-state index contributed by atoms with van der Waals surface area (Å²) < 4.78 is 4.78. The number of pyridine rings is 1. The normalized spacial score (nSPS) is 10.3. The van der Waals surface area contributed by atoms with E-state index in [9.17, 15) is 20.0 Å². The zero-order valence-corrected chi connectivity index (χ0v) is 16.0. The van der Waals surface area contributed by atoms with Crippen LogP contribution in [0, 0.1) is 11.3 Å². The summed E-state index contributed by atoms with van der Waals surface area (Å²) in [6.07, 6.45) is -0.0616. The summed E-state index contributed by atoms with van der Waals surface area (Å²) in [5.74, 6) is -1.57. The van der Waals surface area contributed by atoms with E-state index in [4.69, 9.17) is 27.9 Å². The summed E-state index contributed by atoms with van der Waals surface area (Å²) in [4.78, 5) is 28.0. The molecule has 1 N–H and O–H groups in total. The van der Waals surface area contributed by atoms with E-state index in [0.29, 0.717) is 15.7 Å². The summed E-state index contributed by atoms with van der Waals surface area (Å²) in [6, 6.07) is 8.20. The Hall–Kier alpha value is -2.62. The SMILES string of the molecule is CCOC(=O)CCC(=O)c1nc(Cc2cc(Cl)cc(Cl)c2)cc(C#N)c1O. The van der Waals surface area contributed by atoms with Crippen LogP contribution in [0.25, 0.3) is 0 Å². The Kier molecular flexibility index (Phi) is 7.17. The highest BCUT2D eigenvalue weighted by atomic mass is 35.5. The second kappa shape index (κ2) is 9.36. The second-order valence-electron chi connectivity index (χ2n) is 5.65. The van der Waals surface area contributed by atoms with Gasteiger partial charge in [0.05, 0.1) is 18.6 Å². The van der Waals surface area contributed by atoms with Crippen molar-refractivity contribution in [1.82, 2.24) is 4.98 Å². The number of benzene rings is 1. The van der Waals surface area contributed by atoms with Crippen LogP contribution in [0.5, 0.6) is 5.75 Å². The smallest absolute Gasteiger partial charge is 0.306 e. The number of carbonyl (C=O) groups is 2. The number of hydrogen-bond acceptors (Lipinski definition) is 6. The van der Waals surface area contributed by atoms with Gasteiger partial charge in [0.15, 0.2) is 11.5 Å². The molecule has 1 aromatic heterocycles. The topological polar surface area (TPSA) is 100 Å². The first-order valence-electron chi connectivity index (χ1n) is 8.10. The van der Waals surface area contributed by atoms with Crippen LogP contribution in [0.4, 0.5) is 0 Å². The molecule has 0 aliphatic rings. The Balaban J connectivity index is 2.30. The van der Waals surface area contributed by atoms with Crippen LogP contribution in [0.2, 0.25) is 10.0 Å². The maximum atomic E-state index is 12.4. The lowest BCUT2D eigenvalue weighted by Gasteiger charge is -2.09. The van der Waals surface area contributed by atoms with Crippen molar-refractivity contribution in [3.63, 3.8) is 0 Å². The molecule has 1 heterocycles. The number of aromatic nitrogens is 1. The van der Waals surface area contributed by atoms with E-state index in [0.717, 1.165) is 5.56 Å². The van der Waals surface area contributed by atoms with Gasteiger partial charge in [-0.05, 0) is 36.8 Å². The zero-order valence-electron chi connectivity index (χ0n) is 14.5. The minimum absolute atomic E-state index is 0.0763. The van der Waals surface area contributed by atoms with E-state index in [-0.39, 0.29) is 37.1 Å². The number of Topliss-reactive ketones (excluding diaryl/α,β-unsaturated/α-hetero) is 1. The second-order valence-corrected chi connectivity index (χ2v) is 6.53. The molecular weight excluding hydrogens is 391 g/mol. The fraction of sp³-hybridized carbons (Fsp3) is 0.263. The molecule has 0 saturated heterocycles. The van der Waals surface area contributed by atoms with Gasteiger partial charge in [-0.3, -0.25) is 9.59 Å². The Labute approximate surface area is 166 Å². The molecule has 0 fully saturated rings. The molecule has 0 radical (unpaired) electrons. The summed E-state index contributed by atoms with van der Waals surface area (Å²) in [5, 5.41) is 20.3. The monoisotopic (exact) mass is 406 g/mol. The average Bonchev–Trinajstić information content (AvgIpc) is 2.60. The standard InChI is InChI=1S/C19H16Cl2N2O4/c1-2-27-17(25)4-3-16(24)18-19(26)12(10-22)8-15(23-18)7-11-5-13(20)9-14(21)6-11/h5-6,8-9,26H,2-4,7H2,1H3. The molecule has 0 bridgehead atoms. The lowest BCUT2D eigenvalue weighted by atomic mass is 10.0. The Morgan fingerprint density at radius 3 is 2.44 bits per heavy atom. The molecule has 0 aliphatic heterocycles. The molecule has 27 heavy (non-hydrogen) atoms. The fourth-order valence-electron chi connectivity index (χ4n) is 2.45. The third-order valence-electron chi connectivity index (χ3n) is 3.60. The van der Waals surface area contributed by atoms with Gasteiger partial charge in [0.2, 0.25) is 0 Å². The van der Waals surface area contributed by atoms with Crippen LogP contribution in [-0.4, -0.2) is 28.4 Å². The van der Waals surface area contributed by atoms with E-state index in [1.165, 1.54) is 6.07 Å². The molecule has 0 aliphatic carbocycles. The minimum atomic E-state index is -0.553. The third-order valence-corrected chi connectivity index (χ3v) is 4.04. The van der Waals surface area contributed by atoms with E-state index in [2.05, 4.69) is 4.98 Å². The summed E-state index contributed by atoms with van der Waals surface area (Å²) in [7, 11) is 0. The summed E-state index contributed by atoms with van der Waals surface area (Å²) in [5.41, 5.74) is 0.802. The first kappa shape index (κ1) is 20.7.